The molecule has 0 spiro atoms. The Morgan fingerprint density at radius 1 is 1.31 bits per heavy atom. The van der Waals surface area contributed by atoms with Crippen molar-refractivity contribution in [2.24, 2.45) is 5.73 Å². The Balaban J connectivity index is 0.000000778. The summed E-state index contributed by atoms with van der Waals surface area (Å²) in [5.41, 5.74) is 14.1. The van der Waals surface area contributed by atoms with Gasteiger partial charge >= 0.3 is 29.6 Å². The number of likely N-dealkylation sites (tertiary alicyclic amines) is 1. The van der Waals surface area contributed by atoms with Crippen molar-refractivity contribution in [3.63, 3.8) is 0 Å². The van der Waals surface area contributed by atoms with Crippen molar-refractivity contribution in [3.05, 3.63) is 104 Å². The Bertz CT molecular complexity index is 1220. The van der Waals surface area contributed by atoms with Gasteiger partial charge in [0.1, 0.15) is 11.7 Å². The van der Waals surface area contributed by atoms with Gasteiger partial charge in [-0.2, -0.15) is 0 Å². The summed E-state index contributed by atoms with van der Waals surface area (Å²) in [6, 6.07) is 7.68. The van der Waals surface area contributed by atoms with Gasteiger partial charge in [0.05, 0.1) is 36.0 Å². The molecule has 14 heteroatoms. The molecule has 221 valence electrons. The van der Waals surface area contributed by atoms with Gasteiger partial charge in [0.15, 0.2) is 0 Å². The number of hydrogen-bond donors (Lipinski definition) is 3. The zero-order valence-electron chi connectivity index (χ0n) is 24.7. The van der Waals surface area contributed by atoms with Crippen molar-refractivity contribution >= 4 is 28.1 Å². The topological polar surface area (TPSA) is 138 Å². The van der Waals surface area contributed by atoms with E-state index in [0.717, 1.165) is 41.3 Å². The fraction of sp³-hybridized carbons (Fsp3) is 0.321. The number of nitrogens with two attached hydrogens (primary N) is 1. The van der Waals surface area contributed by atoms with Crippen LogP contribution in [0.2, 0.25) is 0 Å². The third-order valence-corrected chi connectivity index (χ3v) is 7.50. The first-order chi connectivity index (χ1) is 19.3. The van der Waals surface area contributed by atoms with Crippen molar-refractivity contribution < 1.29 is 76.4 Å². The fourth-order valence-corrected chi connectivity index (χ4v) is 4.72. The molecule has 0 amide bonds. The zero-order valence-corrected chi connectivity index (χ0v) is 30.3. The molecule has 2 unspecified atom stereocenters. The van der Waals surface area contributed by atoms with E-state index in [-0.39, 0.29) is 74.1 Å². The van der Waals surface area contributed by atoms with E-state index in [0.29, 0.717) is 31.7 Å². The maximum absolute atomic E-state index is 10.6. The van der Waals surface area contributed by atoms with Crippen LogP contribution < -0.4 is 35.3 Å². The molecule has 1 aromatic carbocycles. The Labute approximate surface area is 299 Å². The summed E-state index contributed by atoms with van der Waals surface area (Å²) in [5, 5.41) is 9.31. The summed E-state index contributed by atoms with van der Waals surface area (Å²) >= 11 is 0. The van der Waals surface area contributed by atoms with Gasteiger partial charge in [-0.15, -0.1) is 26.1 Å². The van der Waals surface area contributed by atoms with Gasteiger partial charge in [-0.3, -0.25) is 14.6 Å². The molecule has 1 radical (unpaired) electrons. The summed E-state index contributed by atoms with van der Waals surface area (Å²) in [5.74, 6) is 0.959. The van der Waals surface area contributed by atoms with Crippen molar-refractivity contribution in [2.45, 2.75) is 12.5 Å². The molecular formula is C28H38N8NaO3SY-3. The minimum Gasteiger partial charge on any atom is -0.432 e. The van der Waals surface area contributed by atoms with E-state index >= 15 is 0 Å². The minimum atomic E-state index is -0.895. The van der Waals surface area contributed by atoms with Gasteiger partial charge in [-0.1, -0.05) is 49.1 Å². The average molecular weight is 679 g/mol. The van der Waals surface area contributed by atoms with Crippen LogP contribution in [-0.4, -0.2) is 80.3 Å². The molecule has 3 heterocycles. The summed E-state index contributed by atoms with van der Waals surface area (Å²) in [6.07, 6.45) is 12.7. The first-order valence-corrected chi connectivity index (χ1v) is 14.3. The summed E-state index contributed by atoms with van der Waals surface area (Å²) in [7, 11) is 0.526. The van der Waals surface area contributed by atoms with E-state index in [9.17, 15) is 4.21 Å². The van der Waals surface area contributed by atoms with Crippen LogP contribution in [0.15, 0.2) is 55.3 Å². The van der Waals surface area contributed by atoms with Gasteiger partial charge in [-0.05, 0) is 11.1 Å². The number of nitrogens with one attached hydrogen (secondary N) is 2. The second kappa shape index (κ2) is 20.1. The van der Waals surface area contributed by atoms with Gasteiger partial charge in [-0.25, -0.2) is 9.19 Å². The molecule has 0 bridgehead atoms. The summed E-state index contributed by atoms with van der Waals surface area (Å²) < 4.78 is 12.2. The first kappa shape index (κ1) is 39.0. The monoisotopic (exact) mass is 678 g/mol. The third kappa shape index (κ3) is 11.2. The molecule has 1 saturated heterocycles. The largest absolute Gasteiger partial charge is 1.00 e. The molecule has 11 nitrogen and oxygen atoms in total. The Hall–Kier alpha value is -1.03. The Morgan fingerprint density at radius 2 is 1.98 bits per heavy atom. The van der Waals surface area contributed by atoms with E-state index in [2.05, 4.69) is 63.3 Å². The van der Waals surface area contributed by atoms with E-state index < -0.39 is 11.0 Å². The number of benzene rings is 1. The standard InChI is InChI=1S/C23H27N7O2.C5H11NOS.Na.Y/c1-16(17-7-9-19(10-8-17)22(24)25)30-13-4-6-21(30)23-26-15-20(27-23)18-5-3-12-29(14-11-18)28-32-31-2;1-4-6(5-2)8(3)7;;/h3-5,7-11,15,21H,1,6,12-14H2,2H3,(H3,24,25)(H,26,27);1-2,4-5H2,3H3;;/q2*-2;+1;. The number of amidine groups is 1. The smallest absolute Gasteiger partial charge is 0.432 e. The van der Waals surface area contributed by atoms with Crippen LogP contribution in [0, 0.1) is 25.7 Å². The molecule has 42 heavy (non-hydrogen) atoms. The molecule has 1 fully saturated rings. The van der Waals surface area contributed by atoms with Gasteiger partial charge in [0.2, 0.25) is 0 Å². The minimum absolute atomic E-state index is 0. The number of nitrogens with zero attached hydrogens (tertiary/aromatic N) is 5. The van der Waals surface area contributed by atoms with E-state index in [1.165, 1.54) is 7.11 Å². The number of allylic oxidation sites excluding steroid dienone is 2. The molecular weight excluding hydrogens is 640 g/mol. The second-order valence-electron chi connectivity index (χ2n) is 8.92. The number of H-pyrrole nitrogens is 1. The summed E-state index contributed by atoms with van der Waals surface area (Å²) in [4.78, 5) is 19.6. The first-order valence-electron chi connectivity index (χ1n) is 12.8. The average Bonchev–Trinajstić information content (AvgIpc) is 3.58. The van der Waals surface area contributed by atoms with E-state index in [1.807, 2.05) is 42.6 Å². The van der Waals surface area contributed by atoms with Gasteiger partial charge in [0.25, 0.3) is 0 Å². The number of hydrogen-bond acceptors (Lipinski definition) is 7. The zero-order chi connectivity index (χ0) is 29.1. The second-order valence-corrected chi connectivity index (χ2v) is 10.3. The van der Waals surface area contributed by atoms with Crippen molar-refractivity contribution in [1.82, 2.24) is 24.2 Å². The van der Waals surface area contributed by atoms with E-state index in [1.54, 1.807) is 15.6 Å². The van der Waals surface area contributed by atoms with Crippen LogP contribution in [0.1, 0.15) is 35.1 Å². The number of imidazole rings is 1. The van der Waals surface area contributed by atoms with Crippen LogP contribution in [0.25, 0.3) is 16.9 Å². The Morgan fingerprint density at radius 3 is 2.55 bits per heavy atom. The molecule has 4 rings (SSSR count). The maximum Gasteiger partial charge on any atom is 1.00 e. The molecule has 2 atom stereocenters. The molecule has 0 aliphatic carbocycles. The van der Waals surface area contributed by atoms with Crippen LogP contribution in [0.3, 0.4) is 0 Å². The van der Waals surface area contributed by atoms with Crippen LogP contribution in [-0.2, 0) is 53.6 Å². The van der Waals surface area contributed by atoms with Crippen molar-refractivity contribution in [1.29, 1.82) is 5.41 Å². The predicted octanol–water partition coefficient (Wildman–Crippen LogP) is 0.604. The van der Waals surface area contributed by atoms with Gasteiger partial charge < -0.3 is 51.5 Å². The molecule has 1 aromatic heterocycles. The van der Waals surface area contributed by atoms with Crippen molar-refractivity contribution in [2.75, 3.05) is 46.1 Å². The predicted molar refractivity (Wildman–Crippen MR) is 160 cm³/mol. The number of aromatic nitrogens is 2. The third-order valence-electron chi connectivity index (χ3n) is 6.41. The normalized spacial score (nSPS) is 17.3. The molecule has 2 aliphatic rings. The number of rotatable bonds is 11. The molecule has 2 aromatic rings. The SMILES string of the molecule is C=C(c1ccc(C(=N)N)cc1)N1C[CH-]CC1c1ncc(C2=CCN([N-]OOC)CC=C2)[nH]1.[CH2-]CN(C[CH2-])S(C)=O.[Na+].[Y]. The van der Waals surface area contributed by atoms with Gasteiger partial charge in [0, 0.05) is 63.3 Å². The van der Waals surface area contributed by atoms with Crippen LogP contribution in [0.5, 0.6) is 0 Å². The maximum atomic E-state index is 10.6. The van der Waals surface area contributed by atoms with Crippen molar-refractivity contribution in [3.8, 4) is 0 Å². The summed E-state index contributed by atoms with van der Waals surface area (Å²) in [6.45, 7) is 14.6. The number of aromatic amines is 1. The molecule has 4 N–H and O–H groups in total. The van der Waals surface area contributed by atoms with Crippen LogP contribution >= 0.6 is 0 Å². The molecule has 2 aliphatic heterocycles. The number of nitrogen functional groups attached to an aromatic ring is 1. The van der Waals surface area contributed by atoms with E-state index in [4.69, 9.17) is 11.1 Å². The fourth-order valence-electron chi connectivity index (χ4n) is 4.21. The van der Waals surface area contributed by atoms with Crippen LogP contribution in [0.4, 0.5) is 0 Å². The molecule has 0 saturated carbocycles. The quantitative estimate of drug-likeness (QED) is 0.0791. The Kier molecular flexibility index (Phi) is 18.7.